The fraction of sp³-hybridized carbons (Fsp3) is 0.647. The smallest absolute Gasteiger partial charge is 0.381 e. The lowest BCUT2D eigenvalue weighted by Gasteiger charge is -2.38. The van der Waals surface area contributed by atoms with Crippen molar-refractivity contribution >= 4 is 0 Å². The molecule has 2 aliphatic heterocycles. The number of benzene rings is 1. The molecule has 7 heteroatoms. The van der Waals surface area contributed by atoms with Crippen molar-refractivity contribution in [3.63, 3.8) is 0 Å². The minimum absolute atomic E-state index is 0.0147. The molecule has 0 radical (unpaired) electrons. The molecular weight excluding hydrogens is 324 g/mol. The zero-order chi connectivity index (χ0) is 17.2. The number of hydrogen-bond donors (Lipinski definition) is 1. The fourth-order valence-electron chi connectivity index (χ4n) is 3.71. The molecule has 1 N–H and O–H groups in total. The lowest BCUT2D eigenvalue weighted by molar-refractivity contribution is -0.141. The van der Waals surface area contributed by atoms with Gasteiger partial charge in [0.1, 0.15) is 5.82 Å². The second-order valence-corrected chi connectivity index (χ2v) is 6.43. The van der Waals surface area contributed by atoms with Crippen molar-refractivity contribution in [3.8, 4) is 0 Å². The Morgan fingerprint density at radius 1 is 1.12 bits per heavy atom. The largest absolute Gasteiger partial charge is 0.419 e. The predicted molar refractivity (Wildman–Crippen MR) is 82.1 cm³/mol. The van der Waals surface area contributed by atoms with Gasteiger partial charge in [-0.25, -0.2) is 4.39 Å². The van der Waals surface area contributed by atoms with Crippen molar-refractivity contribution in [2.45, 2.75) is 44.1 Å². The lowest BCUT2D eigenvalue weighted by atomic mass is 10.00. The van der Waals surface area contributed by atoms with Crippen LogP contribution in [-0.4, -0.2) is 43.3 Å². The Hall–Kier alpha value is -1.18. The van der Waals surface area contributed by atoms with Crippen LogP contribution in [0.25, 0.3) is 0 Å². The molecule has 0 amide bonds. The first-order valence-corrected chi connectivity index (χ1v) is 8.35. The molecule has 2 heterocycles. The van der Waals surface area contributed by atoms with Crippen molar-refractivity contribution in [1.82, 2.24) is 10.2 Å². The van der Waals surface area contributed by atoms with Gasteiger partial charge in [-0.05, 0) is 37.4 Å². The molecule has 0 bridgehead atoms. The molecule has 1 aromatic carbocycles. The van der Waals surface area contributed by atoms with Crippen LogP contribution in [0, 0.1) is 5.82 Å². The van der Waals surface area contributed by atoms with Gasteiger partial charge in [0.2, 0.25) is 0 Å². The van der Waals surface area contributed by atoms with Crippen LogP contribution in [0.1, 0.15) is 30.4 Å². The molecule has 0 saturated carbocycles. The highest BCUT2D eigenvalue weighted by atomic mass is 19.4. The van der Waals surface area contributed by atoms with Gasteiger partial charge in [0.05, 0.1) is 5.56 Å². The average Bonchev–Trinajstić information content (AvgIpc) is 3.06. The molecule has 0 spiro atoms. The summed E-state index contributed by atoms with van der Waals surface area (Å²) < 4.78 is 59.1. The van der Waals surface area contributed by atoms with E-state index in [1.54, 1.807) is 0 Å². The standard InChI is InChI=1S/C17H22F4N2O/c18-15-3-1-2-12(16(15)17(19,20)21)11-23(14-4-7-22-10-14)13-5-8-24-9-6-13/h1-3,13-14,22H,4-11H2. The highest BCUT2D eigenvalue weighted by Crippen LogP contribution is 2.35. The quantitative estimate of drug-likeness (QED) is 0.848. The molecule has 2 aliphatic rings. The first-order chi connectivity index (χ1) is 11.5. The maximum Gasteiger partial charge on any atom is 0.419 e. The predicted octanol–water partition coefficient (Wildman–Crippen LogP) is 3.19. The van der Waals surface area contributed by atoms with Gasteiger partial charge in [-0.2, -0.15) is 13.2 Å². The van der Waals surface area contributed by atoms with Crippen molar-refractivity contribution in [3.05, 3.63) is 35.1 Å². The first-order valence-electron chi connectivity index (χ1n) is 8.35. The summed E-state index contributed by atoms with van der Waals surface area (Å²) >= 11 is 0. The highest BCUT2D eigenvalue weighted by Gasteiger charge is 2.38. The van der Waals surface area contributed by atoms with E-state index >= 15 is 0 Å². The number of halogens is 4. The Labute approximate surface area is 139 Å². The normalized spacial score (nSPS) is 23.1. The SMILES string of the molecule is Fc1cccc(CN(C2CCOCC2)C2CCNC2)c1C(F)(F)F. The lowest BCUT2D eigenvalue weighted by Crippen LogP contribution is -2.46. The van der Waals surface area contributed by atoms with Gasteiger partial charge in [0.15, 0.2) is 0 Å². The number of nitrogens with zero attached hydrogens (tertiary/aromatic N) is 1. The van der Waals surface area contributed by atoms with Gasteiger partial charge in [0, 0.05) is 38.4 Å². The van der Waals surface area contributed by atoms with Crippen LogP contribution in [0.15, 0.2) is 18.2 Å². The number of nitrogens with one attached hydrogen (secondary N) is 1. The molecule has 0 aliphatic carbocycles. The zero-order valence-corrected chi connectivity index (χ0v) is 13.4. The van der Waals surface area contributed by atoms with Crippen LogP contribution < -0.4 is 5.32 Å². The second kappa shape index (κ2) is 7.37. The third-order valence-corrected chi connectivity index (χ3v) is 4.90. The molecule has 1 atom stereocenters. The van der Waals surface area contributed by atoms with Gasteiger partial charge in [0.25, 0.3) is 0 Å². The number of hydrogen-bond acceptors (Lipinski definition) is 3. The third-order valence-electron chi connectivity index (χ3n) is 4.90. The van der Waals surface area contributed by atoms with E-state index in [2.05, 4.69) is 10.2 Å². The van der Waals surface area contributed by atoms with Crippen molar-refractivity contribution in [1.29, 1.82) is 0 Å². The maximum atomic E-state index is 13.8. The third kappa shape index (κ3) is 3.90. The van der Waals surface area contributed by atoms with Gasteiger partial charge in [-0.15, -0.1) is 0 Å². The van der Waals surface area contributed by atoms with E-state index in [-0.39, 0.29) is 24.2 Å². The Morgan fingerprint density at radius 3 is 2.50 bits per heavy atom. The molecule has 3 rings (SSSR count). The summed E-state index contributed by atoms with van der Waals surface area (Å²) in [4.78, 5) is 2.12. The average molecular weight is 346 g/mol. The molecule has 134 valence electrons. The van der Waals surface area contributed by atoms with Crippen LogP contribution in [-0.2, 0) is 17.5 Å². The van der Waals surface area contributed by atoms with Gasteiger partial charge in [-0.3, -0.25) is 4.90 Å². The topological polar surface area (TPSA) is 24.5 Å². The van der Waals surface area contributed by atoms with E-state index in [0.717, 1.165) is 38.4 Å². The molecular formula is C17H22F4N2O. The summed E-state index contributed by atoms with van der Waals surface area (Å²) in [6.07, 6.45) is -2.19. The molecule has 0 aromatic heterocycles. The van der Waals surface area contributed by atoms with E-state index in [4.69, 9.17) is 4.74 Å². The molecule has 3 nitrogen and oxygen atoms in total. The van der Waals surface area contributed by atoms with E-state index < -0.39 is 17.6 Å². The Bertz CT molecular complexity index is 552. The Balaban J connectivity index is 1.88. The van der Waals surface area contributed by atoms with Gasteiger partial charge >= 0.3 is 6.18 Å². The fourth-order valence-corrected chi connectivity index (χ4v) is 3.71. The second-order valence-electron chi connectivity index (χ2n) is 6.43. The van der Waals surface area contributed by atoms with Crippen LogP contribution in [0.4, 0.5) is 17.6 Å². The first kappa shape index (κ1) is 17.6. The van der Waals surface area contributed by atoms with Gasteiger partial charge < -0.3 is 10.1 Å². The van der Waals surface area contributed by atoms with Crippen LogP contribution in [0.5, 0.6) is 0 Å². The maximum absolute atomic E-state index is 13.8. The van der Waals surface area contributed by atoms with Crippen molar-refractivity contribution in [2.24, 2.45) is 0 Å². The van der Waals surface area contributed by atoms with E-state index in [0.29, 0.717) is 13.2 Å². The minimum Gasteiger partial charge on any atom is -0.381 e. The van der Waals surface area contributed by atoms with E-state index in [1.807, 2.05) is 0 Å². The van der Waals surface area contributed by atoms with E-state index in [9.17, 15) is 17.6 Å². The van der Waals surface area contributed by atoms with Crippen molar-refractivity contribution in [2.75, 3.05) is 26.3 Å². The molecule has 24 heavy (non-hydrogen) atoms. The van der Waals surface area contributed by atoms with Crippen LogP contribution in [0.3, 0.4) is 0 Å². The summed E-state index contributed by atoms with van der Waals surface area (Å²) in [5, 5.41) is 3.26. The van der Waals surface area contributed by atoms with Crippen molar-refractivity contribution < 1.29 is 22.3 Å². The zero-order valence-electron chi connectivity index (χ0n) is 13.4. The minimum atomic E-state index is -4.68. The Kier molecular flexibility index (Phi) is 5.42. The molecule has 1 unspecified atom stereocenters. The Morgan fingerprint density at radius 2 is 1.88 bits per heavy atom. The molecule has 1 aromatic rings. The van der Waals surface area contributed by atoms with Gasteiger partial charge in [-0.1, -0.05) is 12.1 Å². The summed E-state index contributed by atoms with van der Waals surface area (Å²) in [6, 6.07) is 3.98. The summed E-state index contributed by atoms with van der Waals surface area (Å²) in [5.41, 5.74) is -1.12. The summed E-state index contributed by atoms with van der Waals surface area (Å²) in [5.74, 6) is -1.20. The number of rotatable bonds is 4. The van der Waals surface area contributed by atoms with E-state index in [1.165, 1.54) is 12.1 Å². The number of alkyl halides is 3. The monoisotopic (exact) mass is 346 g/mol. The number of ether oxygens (including phenoxy) is 1. The van der Waals surface area contributed by atoms with Crippen LogP contribution >= 0.6 is 0 Å². The molecule has 2 saturated heterocycles. The summed E-state index contributed by atoms with van der Waals surface area (Å²) in [6.45, 7) is 2.98. The summed E-state index contributed by atoms with van der Waals surface area (Å²) in [7, 11) is 0. The van der Waals surface area contributed by atoms with Crippen LogP contribution in [0.2, 0.25) is 0 Å². The highest BCUT2D eigenvalue weighted by molar-refractivity contribution is 5.31. The molecule has 2 fully saturated rings.